The highest BCUT2D eigenvalue weighted by Crippen LogP contribution is 2.28. The molecule has 0 aliphatic carbocycles. The van der Waals surface area contributed by atoms with Crippen LogP contribution in [0.15, 0.2) is 42.5 Å². The zero-order valence-electron chi connectivity index (χ0n) is 9.90. The zero-order chi connectivity index (χ0) is 13.8. The van der Waals surface area contributed by atoms with Crippen LogP contribution in [0.4, 0.5) is 0 Å². The Morgan fingerprint density at radius 3 is 2.68 bits per heavy atom. The van der Waals surface area contributed by atoms with Gasteiger partial charge in [0.2, 0.25) is 0 Å². The summed E-state index contributed by atoms with van der Waals surface area (Å²) in [6, 6.07) is 12.7. The van der Waals surface area contributed by atoms with E-state index in [1.807, 2.05) is 24.3 Å². The minimum Gasteiger partial charge on any atom is -0.487 e. The van der Waals surface area contributed by atoms with Gasteiger partial charge in [-0.15, -0.1) is 0 Å². The molecule has 2 nitrogen and oxygen atoms in total. The Kier molecular flexibility index (Phi) is 4.64. The molecule has 2 rings (SSSR count). The van der Waals surface area contributed by atoms with Crippen molar-refractivity contribution in [1.82, 2.24) is 0 Å². The van der Waals surface area contributed by atoms with Gasteiger partial charge in [-0.3, -0.25) is 0 Å². The third-order valence-corrected chi connectivity index (χ3v) is 3.28. The van der Waals surface area contributed by atoms with Crippen LogP contribution in [0.5, 0.6) is 5.75 Å². The molecule has 0 radical (unpaired) electrons. The average molecular weight is 312 g/mol. The van der Waals surface area contributed by atoms with Gasteiger partial charge in [-0.25, -0.2) is 0 Å². The molecule has 5 heteroatoms. The first-order chi connectivity index (χ1) is 9.06. The van der Waals surface area contributed by atoms with Crippen molar-refractivity contribution in [3.63, 3.8) is 0 Å². The van der Waals surface area contributed by atoms with E-state index >= 15 is 0 Å². The first-order valence-corrected chi connectivity index (χ1v) is 6.69. The molecule has 98 valence electrons. The van der Waals surface area contributed by atoms with Crippen LogP contribution in [0.1, 0.15) is 11.1 Å². The van der Waals surface area contributed by atoms with E-state index in [1.54, 1.807) is 18.2 Å². The number of thiocarbonyl (C=S) groups is 1. The number of rotatable bonds is 4. The van der Waals surface area contributed by atoms with Gasteiger partial charge in [-0.1, -0.05) is 53.6 Å². The number of benzene rings is 2. The molecule has 0 heterocycles. The molecular formula is C14H11Cl2NOS. The zero-order valence-corrected chi connectivity index (χ0v) is 12.2. The van der Waals surface area contributed by atoms with Crippen LogP contribution >= 0.6 is 35.4 Å². The Hall–Kier alpha value is -1.29. The Labute approximate surface area is 127 Å². The summed E-state index contributed by atoms with van der Waals surface area (Å²) in [5.74, 6) is 0.551. The quantitative estimate of drug-likeness (QED) is 0.859. The SMILES string of the molecule is NC(=S)c1cccc(COc2cc(Cl)ccc2Cl)c1. The third kappa shape index (κ3) is 3.83. The maximum atomic E-state index is 6.02. The maximum absolute atomic E-state index is 6.02. The van der Waals surface area contributed by atoms with E-state index < -0.39 is 0 Å². The maximum Gasteiger partial charge on any atom is 0.139 e. The van der Waals surface area contributed by atoms with E-state index in [4.69, 9.17) is 45.9 Å². The molecule has 0 aliphatic rings. The lowest BCUT2D eigenvalue weighted by molar-refractivity contribution is 0.306. The van der Waals surface area contributed by atoms with Crippen LogP contribution in [0.25, 0.3) is 0 Å². The molecule has 0 fully saturated rings. The fourth-order valence-electron chi connectivity index (χ4n) is 1.56. The minimum absolute atomic E-state index is 0.364. The molecule has 2 aromatic carbocycles. The van der Waals surface area contributed by atoms with Crippen molar-refractivity contribution >= 4 is 40.4 Å². The van der Waals surface area contributed by atoms with Gasteiger partial charge < -0.3 is 10.5 Å². The van der Waals surface area contributed by atoms with Gasteiger partial charge in [0.15, 0.2) is 0 Å². The summed E-state index contributed by atoms with van der Waals surface area (Å²) < 4.78 is 5.64. The van der Waals surface area contributed by atoms with E-state index in [-0.39, 0.29) is 0 Å². The molecule has 19 heavy (non-hydrogen) atoms. The number of hydrogen-bond acceptors (Lipinski definition) is 2. The van der Waals surface area contributed by atoms with E-state index in [0.29, 0.717) is 27.4 Å². The Morgan fingerprint density at radius 1 is 1.16 bits per heavy atom. The van der Waals surface area contributed by atoms with Gasteiger partial charge in [-0.05, 0) is 23.8 Å². The lowest BCUT2D eigenvalue weighted by Gasteiger charge is -2.09. The Bertz CT molecular complexity index is 616. The van der Waals surface area contributed by atoms with Crippen LogP contribution in [-0.4, -0.2) is 4.99 Å². The molecule has 0 saturated carbocycles. The predicted molar refractivity (Wildman–Crippen MR) is 83.1 cm³/mol. The van der Waals surface area contributed by atoms with Crippen molar-refractivity contribution in [2.24, 2.45) is 5.73 Å². The smallest absolute Gasteiger partial charge is 0.139 e. The van der Waals surface area contributed by atoms with Crippen LogP contribution in [0, 0.1) is 0 Å². The Morgan fingerprint density at radius 2 is 1.95 bits per heavy atom. The summed E-state index contributed by atoms with van der Waals surface area (Å²) in [7, 11) is 0. The summed E-state index contributed by atoms with van der Waals surface area (Å²) in [6.07, 6.45) is 0. The highest BCUT2D eigenvalue weighted by Gasteiger charge is 2.04. The summed E-state index contributed by atoms with van der Waals surface area (Å²) in [5.41, 5.74) is 7.36. The van der Waals surface area contributed by atoms with E-state index in [2.05, 4.69) is 0 Å². The average Bonchev–Trinajstić information content (AvgIpc) is 2.40. The number of hydrogen-bond donors (Lipinski definition) is 1. The van der Waals surface area contributed by atoms with E-state index in [9.17, 15) is 0 Å². The van der Waals surface area contributed by atoms with Gasteiger partial charge in [0.1, 0.15) is 17.3 Å². The fourth-order valence-corrected chi connectivity index (χ4v) is 2.02. The first kappa shape index (κ1) is 14.1. The molecule has 0 bridgehead atoms. The molecule has 0 saturated heterocycles. The van der Waals surface area contributed by atoms with Crippen LogP contribution in [0.2, 0.25) is 10.0 Å². The highest BCUT2D eigenvalue weighted by molar-refractivity contribution is 7.80. The van der Waals surface area contributed by atoms with Crippen molar-refractivity contribution in [2.75, 3.05) is 0 Å². The largest absolute Gasteiger partial charge is 0.487 e. The van der Waals surface area contributed by atoms with Crippen LogP contribution in [-0.2, 0) is 6.61 Å². The van der Waals surface area contributed by atoms with Crippen molar-refractivity contribution in [3.8, 4) is 5.75 Å². The van der Waals surface area contributed by atoms with Crippen LogP contribution < -0.4 is 10.5 Å². The predicted octanol–water partition coefficient (Wildman–Crippen LogP) is 4.21. The highest BCUT2D eigenvalue weighted by atomic mass is 35.5. The van der Waals surface area contributed by atoms with E-state index in [1.165, 1.54) is 0 Å². The molecule has 0 aliphatic heterocycles. The van der Waals surface area contributed by atoms with E-state index in [0.717, 1.165) is 11.1 Å². The molecule has 2 aromatic rings. The third-order valence-electron chi connectivity index (χ3n) is 2.50. The van der Waals surface area contributed by atoms with Gasteiger partial charge in [0, 0.05) is 16.7 Å². The lowest BCUT2D eigenvalue weighted by Crippen LogP contribution is -2.09. The molecule has 0 unspecified atom stereocenters. The number of ether oxygens (including phenoxy) is 1. The second kappa shape index (κ2) is 6.24. The molecular weight excluding hydrogens is 301 g/mol. The fraction of sp³-hybridized carbons (Fsp3) is 0.0714. The van der Waals surface area contributed by atoms with Crippen molar-refractivity contribution in [1.29, 1.82) is 0 Å². The first-order valence-electron chi connectivity index (χ1n) is 5.53. The summed E-state index contributed by atoms with van der Waals surface area (Å²) in [6.45, 7) is 0.372. The Balaban J connectivity index is 2.12. The van der Waals surface area contributed by atoms with Gasteiger partial charge in [0.05, 0.1) is 5.02 Å². The molecule has 0 atom stereocenters. The molecule has 0 spiro atoms. The second-order valence-electron chi connectivity index (χ2n) is 3.93. The molecule has 2 N–H and O–H groups in total. The summed E-state index contributed by atoms with van der Waals surface area (Å²) >= 11 is 16.8. The van der Waals surface area contributed by atoms with Gasteiger partial charge in [-0.2, -0.15) is 0 Å². The van der Waals surface area contributed by atoms with Crippen molar-refractivity contribution in [3.05, 3.63) is 63.6 Å². The minimum atomic E-state index is 0.364. The standard InChI is InChI=1S/C14H11Cl2NOS/c15-11-4-5-12(16)13(7-11)18-8-9-2-1-3-10(6-9)14(17)19/h1-7H,8H2,(H2,17,19). The summed E-state index contributed by atoms with van der Waals surface area (Å²) in [4.78, 5) is 0.364. The van der Waals surface area contributed by atoms with Crippen molar-refractivity contribution in [2.45, 2.75) is 6.61 Å². The lowest BCUT2D eigenvalue weighted by atomic mass is 10.1. The monoisotopic (exact) mass is 311 g/mol. The molecule has 0 amide bonds. The number of halogens is 2. The normalized spacial score (nSPS) is 10.2. The summed E-state index contributed by atoms with van der Waals surface area (Å²) in [5, 5.41) is 1.10. The van der Waals surface area contributed by atoms with Gasteiger partial charge >= 0.3 is 0 Å². The van der Waals surface area contributed by atoms with Gasteiger partial charge in [0.25, 0.3) is 0 Å². The second-order valence-corrected chi connectivity index (χ2v) is 5.21. The van der Waals surface area contributed by atoms with Crippen molar-refractivity contribution < 1.29 is 4.74 Å². The molecule has 0 aromatic heterocycles. The number of nitrogens with two attached hydrogens (primary N) is 1. The van der Waals surface area contributed by atoms with Crippen LogP contribution in [0.3, 0.4) is 0 Å². The topological polar surface area (TPSA) is 35.2 Å².